The van der Waals surface area contributed by atoms with Crippen LogP contribution in [0.4, 0.5) is 0 Å². The average molecular weight is 344 g/mol. The highest BCUT2D eigenvalue weighted by Crippen LogP contribution is 2.19. The van der Waals surface area contributed by atoms with Gasteiger partial charge in [0, 0.05) is 36.8 Å². The SMILES string of the molecule is NCCN(C(=O)CCl)C1CCN(C(=O)c2ccc(Cl)cc2)C1. The van der Waals surface area contributed by atoms with Gasteiger partial charge in [0.2, 0.25) is 5.91 Å². The van der Waals surface area contributed by atoms with Crippen molar-refractivity contribution in [1.82, 2.24) is 9.80 Å². The number of likely N-dealkylation sites (tertiary alicyclic amines) is 1. The molecule has 1 aromatic rings. The van der Waals surface area contributed by atoms with Crippen LogP contribution in [0.15, 0.2) is 24.3 Å². The minimum absolute atomic E-state index is 0.0222. The normalized spacial score (nSPS) is 17.6. The topological polar surface area (TPSA) is 66.6 Å². The number of alkyl halides is 1. The molecule has 7 heteroatoms. The van der Waals surface area contributed by atoms with Crippen molar-refractivity contribution in [3.63, 3.8) is 0 Å². The van der Waals surface area contributed by atoms with Crippen molar-refractivity contribution in [3.05, 3.63) is 34.9 Å². The summed E-state index contributed by atoms with van der Waals surface area (Å²) in [4.78, 5) is 27.8. The Hall–Kier alpha value is -1.30. The molecule has 2 N–H and O–H groups in total. The van der Waals surface area contributed by atoms with Gasteiger partial charge in [0.15, 0.2) is 0 Å². The summed E-state index contributed by atoms with van der Waals surface area (Å²) in [6.45, 7) is 1.95. The largest absolute Gasteiger partial charge is 0.337 e. The lowest BCUT2D eigenvalue weighted by Gasteiger charge is -2.28. The van der Waals surface area contributed by atoms with Crippen LogP contribution in [0.3, 0.4) is 0 Å². The van der Waals surface area contributed by atoms with Gasteiger partial charge in [-0.25, -0.2) is 0 Å². The highest BCUT2D eigenvalue weighted by atomic mass is 35.5. The van der Waals surface area contributed by atoms with Crippen LogP contribution in [-0.2, 0) is 4.79 Å². The number of amides is 2. The van der Waals surface area contributed by atoms with Gasteiger partial charge in [0.1, 0.15) is 5.88 Å². The van der Waals surface area contributed by atoms with E-state index in [2.05, 4.69) is 0 Å². The number of carbonyl (C=O) groups excluding carboxylic acids is 2. The second-order valence-electron chi connectivity index (χ2n) is 5.21. The molecule has 0 saturated carbocycles. The van der Waals surface area contributed by atoms with E-state index in [1.165, 1.54) is 0 Å². The van der Waals surface area contributed by atoms with Crippen LogP contribution in [0, 0.1) is 0 Å². The molecule has 120 valence electrons. The molecular formula is C15H19Cl2N3O2. The van der Waals surface area contributed by atoms with Gasteiger partial charge in [-0.05, 0) is 30.7 Å². The molecule has 1 atom stereocenters. The van der Waals surface area contributed by atoms with Gasteiger partial charge in [-0.2, -0.15) is 0 Å². The van der Waals surface area contributed by atoms with Gasteiger partial charge in [-0.15, -0.1) is 11.6 Å². The Bertz CT molecular complexity index is 536. The predicted molar refractivity (Wildman–Crippen MR) is 87.2 cm³/mol. The Morgan fingerprint density at radius 3 is 2.59 bits per heavy atom. The first-order chi connectivity index (χ1) is 10.6. The maximum Gasteiger partial charge on any atom is 0.253 e. The molecule has 2 amide bonds. The van der Waals surface area contributed by atoms with Gasteiger partial charge in [0.25, 0.3) is 5.91 Å². The minimum atomic E-state index is -0.141. The Morgan fingerprint density at radius 1 is 1.32 bits per heavy atom. The van der Waals surface area contributed by atoms with E-state index in [0.717, 1.165) is 6.42 Å². The van der Waals surface area contributed by atoms with Crippen LogP contribution in [0.1, 0.15) is 16.8 Å². The summed E-state index contributed by atoms with van der Waals surface area (Å²) in [6, 6.07) is 6.78. The molecule has 5 nitrogen and oxygen atoms in total. The molecular weight excluding hydrogens is 325 g/mol. The fourth-order valence-electron chi connectivity index (χ4n) is 2.68. The first kappa shape index (κ1) is 17.1. The van der Waals surface area contributed by atoms with Crippen LogP contribution in [0.2, 0.25) is 5.02 Å². The third-order valence-corrected chi connectivity index (χ3v) is 4.27. The number of hydrogen-bond donors (Lipinski definition) is 1. The molecule has 0 spiro atoms. The lowest BCUT2D eigenvalue weighted by molar-refractivity contribution is -0.130. The van der Waals surface area contributed by atoms with Crippen LogP contribution in [0.25, 0.3) is 0 Å². The summed E-state index contributed by atoms with van der Waals surface area (Å²) in [5, 5.41) is 0.595. The van der Waals surface area contributed by atoms with Gasteiger partial charge in [-0.1, -0.05) is 11.6 Å². The molecule has 1 heterocycles. The number of benzene rings is 1. The fourth-order valence-corrected chi connectivity index (χ4v) is 2.96. The molecule has 0 aliphatic carbocycles. The summed E-state index contributed by atoms with van der Waals surface area (Å²) in [6.07, 6.45) is 0.738. The first-order valence-corrected chi connectivity index (χ1v) is 8.08. The van der Waals surface area contributed by atoms with Crippen LogP contribution >= 0.6 is 23.2 Å². The van der Waals surface area contributed by atoms with E-state index in [1.54, 1.807) is 34.1 Å². The highest BCUT2D eigenvalue weighted by Gasteiger charge is 2.32. The third kappa shape index (κ3) is 3.91. The smallest absolute Gasteiger partial charge is 0.253 e. The first-order valence-electron chi connectivity index (χ1n) is 7.17. The number of halogens is 2. The molecule has 22 heavy (non-hydrogen) atoms. The second kappa shape index (κ2) is 7.81. The van der Waals surface area contributed by atoms with Gasteiger partial charge in [-0.3, -0.25) is 9.59 Å². The number of nitrogens with two attached hydrogens (primary N) is 1. The monoisotopic (exact) mass is 343 g/mol. The maximum atomic E-state index is 12.5. The Balaban J connectivity index is 2.03. The molecule has 1 unspecified atom stereocenters. The lowest BCUT2D eigenvalue weighted by atomic mass is 10.2. The lowest BCUT2D eigenvalue weighted by Crippen LogP contribution is -2.45. The number of hydrogen-bond acceptors (Lipinski definition) is 3. The van der Waals surface area contributed by atoms with E-state index in [1.807, 2.05) is 0 Å². The van der Waals surface area contributed by atoms with Crippen molar-refractivity contribution in [2.45, 2.75) is 12.5 Å². The van der Waals surface area contributed by atoms with E-state index in [0.29, 0.717) is 36.8 Å². The number of carbonyl (C=O) groups is 2. The Kier molecular flexibility index (Phi) is 6.06. The quantitative estimate of drug-likeness (QED) is 0.825. The number of nitrogens with zero attached hydrogens (tertiary/aromatic N) is 2. The zero-order chi connectivity index (χ0) is 16.1. The Labute approximate surface area is 139 Å². The summed E-state index contributed by atoms with van der Waals surface area (Å²) in [5.41, 5.74) is 6.16. The van der Waals surface area contributed by atoms with Gasteiger partial charge < -0.3 is 15.5 Å². The van der Waals surface area contributed by atoms with E-state index < -0.39 is 0 Å². The van der Waals surface area contributed by atoms with E-state index in [9.17, 15) is 9.59 Å². The summed E-state index contributed by atoms with van der Waals surface area (Å²) >= 11 is 11.5. The molecule has 1 fully saturated rings. The molecule has 0 bridgehead atoms. The summed E-state index contributed by atoms with van der Waals surface area (Å²) in [7, 11) is 0. The number of rotatable bonds is 5. The zero-order valence-electron chi connectivity index (χ0n) is 12.2. The van der Waals surface area contributed by atoms with E-state index >= 15 is 0 Å². The van der Waals surface area contributed by atoms with Crippen molar-refractivity contribution in [2.24, 2.45) is 5.73 Å². The summed E-state index contributed by atoms with van der Waals surface area (Å²) in [5.74, 6) is -0.259. The van der Waals surface area contributed by atoms with Gasteiger partial charge in [0.05, 0.1) is 6.04 Å². The molecule has 0 aromatic heterocycles. The highest BCUT2D eigenvalue weighted by molar-refractivity contribution is 6.30. The van der Waals surface area contributed by atoms with Crippen molar-refractivity contribution < 1.29 is 9.59 Å². The average Bonchev–Trinajstić information content (AvgIpc) is 3.01. The molecule has 1 aliphatic rings. The van der Waals surface area contributed by atoms with Crippen molar-refractivity contribution in [1.29, 1.82) is 0 Å². The fraction of sp³-hybridized carbons (Fsp3) is 0.467. The Morgan fingerprint density at radius 2 is 2.00 bits per heavy atom. The van der Waals surface area contributed by atoms with Crippen molar-refractivity contribution >= 4 is 35.0 Å². The van der Waals surface area contributed by atoms with Crippen LogP contribution in [0.5, 0.6) is 0 Å². The van der Waals surface area contributed by atoms with E-state index in [4.69, 9.17) is 28.9 Å². The van der Waals surface area contributed by atoms with Crippen LogP contribution in [-0.4, -0.2) is 59.7 Å². The van der Waals surface area contributed by atoms with Crippen LogP contribution < -0.4 is 5.73 Å². The van der Waals surface area contributed by atoms with Crippen molar-refractivity contribution in [2.75, 3.05) is 32.1 Å². The van der Waals surface area contributed by atoms with Gasteiger partial charge >= 0.3 is 0 Å². The second-order valence-corrected chi connectivity index (χ2v) is 5.91. The molecule has 1 saturated heterocycles. The standard InChI is InChI=1S/C15H19Cl2N3O2/c16-9-14(21)20(8-6-18)13-5-7-19(10-13)15(22)11-1-3-12(17)4-2-11/h1-4,13H,5-10,18H2. The maximum absolute atomic E-state index is 12.5. The molecule has 1 aromatic carbocycles. The zero-order valence-corrected chi connectivity index (χ0v) is 13.7. The summed E-state index contributed by atoms with van der Waals surface area (Å²) < 4.78 is 0. The third-order valence-electron chi connectivity index (χ3n) is 3.79. The molecule has 0 radical (unpaired) electrons. The van der Waals surface area contributed by atoms with E-state index in [-0.39, 0.29) is 23.7 Å². The minimum Gasteiger partial charge on any atom is -0.337 e. The van der Waals surface area contributed by atoms with Crippen molar-refractivity contribution in [3.8, 4) is 0 Å². The molecule has 1 aliphatic heterocycles. The molecule has 2 rings (SSSR count). The predicted octanol–water partition coefficient (Wildman–Crippen LogP) is 1.58.